The number of amides is 1. The Labute approximate surface area is 99.9 Å². The zero-order valence-corrected chi connectivity index (χ0v) is 9.81. The van der Waals surface area contributed by atoms with Crippen LogP contribution in [0.1, 0.15) is 19.8 Å². The van der Waals surface area contributed by atoms with Crippen molar-refractivity contribution in [3.05, 3.63) is 30.3 Å². The van der Waals surface area contributed by atoms with Crippen LogP contribution in [-0.4, -0.2) is 22.2 Å². The van der Waals surface area contributed by atoms with Crippen molar-refractivity contribution in [2.75, 3.05) is 6.54 Å². The van der Waals surface area contributed by atoms with Crippen LogP contribution in [-0.2, 0) is 0 Å². The summed E-state index contributed by atoms with van der Waals surface area (Å²) in [5.41, 5.74) is 0.721. The Hall–Kier alpha value is -1.97. The molecule has 4 nitrogen and oxygen atoms in total. The van der Waals surface area contributed by atoms with Crippen LogP contribution in [0.25, 0.3) is 10.9 Å². The SMILES string of the molecule is CCCCNC(=O)n1c(O)cc2ccccc21. The Bertz CT molecular complexity index is 531. The molecule has 2 rings (SSSR count). The van der Waals surface area contributed by atoms with Crippen LogP contribution >= 0.6 is 0 Å². The third kappa shape index (κ3) is 2.25. The molecule has 0 saturated heterocycles. The van der Waals surface area contributed by atoms with E-state index in [0.717, 1.165) is 23.7 Å². The molecule has 17 heavy (non-hydrogen) atoms. The predicted molar refractivity (Wildman–Crippen MR) is 67.3 cm³/mol. The van der Waals surface area contributed by atoms with Crippen molar-refractivity contribution in [3.8, 4) is 5.88 Å². The smallest absolute Gasteiger partial charge is 0.328 e. The highest BCUT2D eigenvalue weighted by Crippen LogP contribution is 2.23. The van der Waals surface area contributed by atoms with E-state index >= 15 is 0 Å². The Morgan fingerprint density at radius 1 is 1.41 bits per heavy atom. The molecule has 0 aliphatic rings. The molecular weight excluding hydrogens is 216 g/mol. The predicted octanol–water partition coefficient (Wildman–Crippen LogP) is 2.70. The van der Waals surface area contributed by atoms with Gasteiger partial charge < -0.3 is 10.4 Å². The zero-order valence-electron chi connectivity index (χ0n) is 9.81. The molecule has 0 atom stereocenters. The van der Waals surface area contributed by atoms with Crippen molar-refractivity contribution >= 4 is 16.9 Å². The highest BCUT2D eigenvalue weighted by Gasteiger charge is 2.13. The van der Waals surface area contributed by atoms with Gasteiger partial charge in [-0.15, -0.1) is 0 Å². The molecule has 0 bridgehead atoms. The molecular formula is C13H16N2O2. The maximum absolute atomic E-state index is 11.9. The summed E-state index contributed by atoms with van der Waals surface area (Å²) in [4.78, 5) is 11.9. The van der Waals surface area contributed by atoms with E-state index in [4.69, 9.17) is 0 Å². The lowest BCUT2D eigenvalue weighted by Crippen LogP contribution is -2.28. The van der Waals surface area contributed by atoms with E-state index in [0.29, 0.717) is 6.54 Å². The summed E-state index contributed by atoms with van der Waals surface area (Å²) < 4.78 is 1.30. The molecule has 1 heterocycles. The second-order valence-corrected chi connectivity index (χ2v) is 3.98. The number of aromatic nitrogens is 1. The molecule has 0 unspecified atom stereocenters. The monoisotopic (exact) mass is 232 g/mol. The fourth-order valence-electron chi connectivity index (χ4n) is 1.80. The van der Waals surface area contributed by atoms with Gasteiger partial charge in [-0.1, -0.05) is 31.5 Å². The molecule has 2 aromatic rings. The maximum Gasteiger partial charge on any atom is 0.328 e. The number of benzene rings is 1. The standard InChI is InChI=1S/C13H16N2O2/c1-2-3-8-14-13(17)15-11-7-5-4-6-10(11)9-12(15)16/h4-7,9,16H,2-3,8H2,1H3,(H,14,17). The second-order valence-electron chi connectivity index (χ2n) is 3.98. The van der Waals surface area contributed by atoms with E-state index in [1.807, 2.05) is 24.3 Å². The van der Waals surface area contributed by atoms with Crippen LogP contribution in [0.5, 0.6) is 5.88 Å². The van der Waals surface area contributed by atoms with Gasteiger partial charge in [0.15, 0.2) is 5.88 Å². The largest absolute Gasteiger partial charge is 0.494 e. The van der Waals surface area contributed by atoms with Gasteiger partial charge in [-0.05, 0) is 12.5 Å². The van der Waals surface area contributed by atoms with Gasteiger partial charge in [-0.3, -0.25) is 0 Å². The van der Waals surface area contributed by atoms with Gasteiger partial charge in [0, 0.05) is 18.0 Å². The van der Waals surface area contributed by atoms with Gasteiger partial charge in [-0.25, -0.2) is 9.36 Å². The number of nitrogens with one attached hydrogen (secondary N) is 1. The quantitative estimate of drug-likeness (QED) is 0.799. The van der Waals surface area contributed by atoms with Crippen LogP contribution in [0.4, 0.5) is 4.79 Å². The molecule has 0 aliphatic heterocycles. The number of aromatic hydroxyl groups is 1. The topological polar surface area (TPSA) is 54.3 Å². The minimum atomic E-state index is -0.280. The van der Waals surface area contributed by atoms with Crippen LogP contribution < -0.4 is 5.32 Å². The lowest BCUT2D eigenvalue weighted by molar-refractivity contribution is 0.240. The second kappa shape index (κ2) is 4.91. The van der Waals surface area contributed by atoms with Crippen molar-refractivity contribution in [1.29, 1.82) is 0 Å². The lowest BCUT2D eigenvalue weighted by atomic mass is 10.2. The van der Waals surface area contributed by atoms with Crippen molar-refractivity contribution in [3.63, 3.8) is 0 Å². The summed E-state index contributed by atoms with van der Waals surface area (Å²) in [5, 5.41) is 13.4. The first kappa shape index (κ1) is 11.5. The Kier molecular flexibility index (Phi) is 3.32. The molecule has 0 radical (unpaired) electrons. The van der Waals surface area contributed by atoms with Crippen LogP contribution in [0.15, 0.2) is 30.3 Å². The highest BCUT2D eigenvalue weighted by atomic mass is 16.3. The fourth-order valence-corrected chi connectivity index (χ4v) is 1.80. The van der Waals surface area contributed by atoms with Gasteiger partial charge in [-0.2, -0.15) is 0 Å². The lowest BCUT2D eigenvalue weighted by Gasteiger charge is -2.07. The normalized spacial score (nSPS) is 10.6. The van der Waals surface area contributed by atoms with Crippen LogP contribution in [0.3, 0.4) is 0 Å². The van der Waals surface area contributed by atoms with Crippen molar-refractivity contribution in [1.82, 2.24) is 9.88 Å². The van der Waals surface area contributed by atoms with Gasteiger partial charge >= 0.3 is 6.03 Å². The van der Waals surface area contributed by atoms with E-state index < -0.39 is 0 Å². The molecule has 0 aliphatic carbocycles. The summed E-state index contributed by atoms with van der Waals surface area (Å²) in [5.74, 6) is -0.0276. The average molecular weight is 232 g/mol. The van der Waals surface area contributed by atoms with E-state index in [-0.39, 0.29) is 11.9 Å². The molecule has 0 saturated carbocycles. The third-order valence-electron chi connectivity index (χ3n) is 2.70. The first-order valence-corrected chi connectivity index (χ1v) is 5.81. The number of nitrogens with zero attached hydrogens (tertiary/aromatic N) is 1. The van der Waals surface area contributed by atoms with Crippen LogP contribution in [0.2, 0.25) is 0 Å². The van der Waals surface area contributed by atoms with E-state index in [1.165, 1.54) is 4.57 Å². The van der Waals surface area contributed by atoms with Gasteiger partial charge in [0.05, 0.1) is 5.52 Å². The van der Waals surface area contributed by atoms with E-state index in [1.54, 1.807) is 6.07 Å². The average Bonchev–Trinajstić information content (AvgIpc) is 2.65. The number of carbonyl (C=O) groups is 1. The number of carbonyl (C=O) groups excluding carboxylic acids is 1. The number of rotatable bonds is 3. The number of para-hydroxylation sites is 1. The van der Waals surface area contributed by atoms with Crippen LogP contribution in [0, 0.1) is 0 Å². The summed E-state index contributed by atoms with van der Waals surface area (Å²) in [7, 11) is 0. The summed E-state index contributed by atoms with van der Waals surface area (Å²) in [6.07, 6.45) is 1.96. The molecule has 1 aromatic heterocycles. The minimum absolute atomic E-state index is 0.0276. The number of fused-ring (bicyclic) bond motifs is 1. The molecule has 1 aromatic carbocycles. The summed E-state index contributed by atoms with van der Waals surface area (Å²) in [6.45, 7) is 2.69. The minimum Gasteiger partial charge on any atom is -0.494 e. The molecule has 4 heteroatoms. The van der Waals surface area contributed by atoms with Gasteiger partial charge in [0.2, 0.25) is 0 Å². The third-order valence-corrected chi connectivity index (χ3v) is 2.70. The molecule has 90 valence electrons. The summed E-state index contributed by atoms with van der Waals surface area (Å²) in [6, 6.07) is 8.71. The summed E-state index contributed by atoms with van der Waals surface area (Å²) >= 11 is 0. The van der Waals surface area contributed by atoms with Crippen molar-refractivity contribution < 1.29 is 9.90 Å². The molecule has 1 amide bonds. The van der Waals surface area contributed by atoms with Gasteiger partial charge in [0.1, 0.15) is 0 Å². The molecule has 0 spiro atoms. The number of hydrogen-bond acceptors (Lipinski definition) is 2. The number of hydrogen-bond donors (Lipinski definition) is 2. The van der Waals surface area contributed by atoms with E-state index in [2.05, 4.69) is 12.2 Å². The fraction of sp³-hybridized carbons (Fsp3) is 0.308. The Morgan fingerprint density at radius 2 is 2.18 bits per heavy atom. The molecule has 2 N–H and O–H groups in total. The first-order chi connectivity index (χ1) is 8.24. The van der Waals surface area contributed by atoms with Gasteiger partial charge in [0.25, 0.3) is 0 Å². The van der Waals surface area contributed by atoms with Crippen molar-refractivity contribution in [2.45, 2.75) is 19.8 Å². The first-order valence-electron chi connectivity index (χ1n) is 5.81. The Balaban J connectivity index is 2.28. The maximum atomic E-state index is 11.9. The Morgan fingerprint density at radius 3 is 2.94 bits per heavy atom. The number of unbranched alkanes of at least 4 members (excludes halogenated alkanes) is 1. The van der Waals surface area contributed by atoms with Crippen molar-refractivity contribution in [2.24, 2.45) is 0 Å². The zero-order chi connectivity index (χ0) is 12.3. The van der Waals surface area contributed by atoms with E-state index in [9.17, 15) is 9.90 Å². The highest BCUT2D eigenvalue weighted by molar-refractivity contribution is 5.93. The molecule has 0 fully saturated rings.